The Hall–Kier alpha value is -2.30. The van der Waals surface area contributed by atoms with Crippen molar-refractivity contribution in [3.05, 3.63) is 65.9 Å². The van der Waals surface area contributed by atoms with E-state index < -0.39 is 0 Å². The van der Waals surface area contributed by atoms with Crippen LogP contribution in [0.4, 0.5) is 0 Å². The fourth-order valence-corrected chi connectivity index (χ4v) is 2.97. The molecule has 0 aliphatic carbocycles. The highest BCUT2D eigenvalue weighted by molar-refractivity contribution is 5.83. The summed E-state index contributed by atoms with van der Waals surface area (Å²) in [5.74, 6) is 1.59. The van der Waals surface area contributed by atoms with Gasteiger partial charge in [-0.2, -0.15) is 0 Å². The lowest BCUT2D eigenvalue weighted by molar-refractivity contribution is 0.257. The van der Waals surface area contributed by atoms with Crippen LogP contribution in [0.25, 0.3) is 11.0 Å². The zero-order valence-electron chi connectivity index (χ0n) is 14.0. The van der Waals surface area contributed by atoms with Crippen LogP contribution >= 0.6 is 0 Å². The Morgan fingerprint density at radius 3 is 2.62 bits per heavy atom. The molecule has 0 fully saturated rings. The van der Waals surface area contributed by atoms with Crippen molar-refractivity contribution in [1.29, 1.82) is 0 Å². The number of hydrogen-bond acceptors (Lipinski definition) is 4. The summed E-state index contributed by atoms with van der Waals surface area (Å²) in [6.45, 7) is 2.20. The third-order valence-corrected chi connectivity index (χ3v) is 4.24. The number of rotatable bonds is 7. The lowest BCUT2D eigenvalue weighted by Crippen LogP contribution is -2.25. The normalized spacial score (nSPS) is 13.8. The molecule has 4 nitrogen and oxygen atoms in total. The number of methoxy groups -OCH3 is 1. The average molecular weight is 325 g/mol. The van der Waals surface area contributed by atoms with Crippen LogP contribution in [0.2, 0.25) is 0 Å². The highest BCUT2D eigenvalue weighted by Gasteiger charge is 2.18. The Bertz CT molecular complexity index is 782. The minimum absolute atomic E-state index is 0.0128. The summed E-state index contributed by atoms with van der Waals surface area (Å²) >= 11 is 0. The molecular weight excluding hydrogens is 302 g/mol. The molecule has 126 valence electrons. The predicted molar refractivity (Wildman–Crippen MR) is 95.2 cm³/mol. The maximum absolute atomic E-state index is 9.38. The van der Waals surface area contributed by atoms with Gasteiger partial charge in [0.1, 0.15) is 5.76 Å². The Balaban J connectivity index is 1.84. The molecule has 0 amide bonds. The Kier molecular flexibility index (Phi) is 5.18. The van der Waals surface area contributed by atoms with Gasteiger partial charge in [-0.05, 0) is 31.0 Å². The van der Waals surface area contributed by atoms with Gasteiger partial charge in [-0.15, -0.1) is 0 Å². The molecular formula is C20H23NO3. The quantitative estimate of drug-likeness (QED) is 0.683. The number of benzene rings is 2. The van der Waals surface area contributed by atoms with Crippen molar-refractivity contribution in [2.45, 2.75) is 25.4 Å². The van der Waals surface area contributed by atoms with Gasteiger partial charge < -0.3 is 19.6 Å². The van der Waals surface area contributed by atoms with Crippen molar-refractivity contribution >= 4 is 11.0 Å². The standard InChI is InChI=1S/C20H23NO3/c1-14(21-17(11-12-22)15-7-4-3-5-8-15)19-13-16-9-6-10-18(23-2)20(16)24-19/h3-10,13-14,17,21-22H,11-12H2,1-2H3/t14?,17-/m1/s1. The van der Waals surface area contributed by atoms with Crippen LogP contribution in [-0.4, -0.2) is 18.8 Å². The number of nitrogens with one attached hydrogen (secondary N) is 1. The van der Waals surface area contributed by atoms with E-state index in [9.17, 15) is 5.11 Å². The third-order valence-electron chi connectivity index (χ3n) is 4.24. The molecule has 0 aliphatic heterocycles. The van der Waals surface area contributed by atoms with Crippen LogP contribution in [0.3, 0.4) is 0 Å². The molecule has 0 saturated heterocycles. The fourth-order valence-electron chi connectivity index (χ4n) is 2.97. The molecule has 24 heavy (non-hydrogen) atoms. The molecule has 2 aromatic carbocycles. The van der Waals surface area contributed by atoms with Gasteiger partial charge in [-0.3, -0.25) is 0 Å². The molecule has 1 heterocycles. The van der Waals surface area contributed by atoms with E-state index in [1.54, 1.807) is 7.11 Å². The molecule has 0 spiro atoms. The molecule has 4 heteroatoms. The van der Waals surface area contributed by atoms with Crippen molar-refractivity contribution < 1.29 is 14.3 Å². The molecule has 0 aliphatic rings. The molecule has 2 N–H and O–H groups in total. The molecule has 3 aromatic rings. The van der Waals surface area contributed by atoms with E-state index in [1.807, 2.05) is 42.5 Å². The zero-order chi connectivity index (χ0) is 16.9. The van der Waals surface area contributed by atoms with Crippen LogP contribution in [0.1, 0.15) is 36.8 Å². The van der Waals surface area contributed by atoms with Gasteiger partial charge >= 0.3 is 0 Å². The Labute approximate surface area is 142 Å². The highest BCUT2D eigenvalue weighted by atomic mass is 16.5. The van der Waals surface area contributed by atoms with Crippen molar-refractivity contribution in [3.63, 3.8) is 0 Å². The molecule has 1 unspecified atom stereocenters. The average Bonchev–Trinajstić information content (AvgIpc) is 3.06. The third kappa shape index (κ3) is 3.45. The molecule has 0 saturated carbocycles. The van der Waals surface area contributed by atoms with Gasteiger partial charge in [0.2, 0.25) is 0 Å². The number of furan rings is 1. The highest BCUT2D eigenvalue weighted by Crippen LogP contribution is 2.32. The van der Waals surface area contributed by atoms with Gasteiger partial charge in [0, 0.05) is 18.0 Å². The van der Waals surface area contributed by atoms with Crippen molar-refractivity contribution in [2.75, 3.05) is 13.7 Å². The van der Waals surface area contributed by atoms with Gasteiger partial charge in [-0.25, -0.2) is 0 Å². The van der Waals surface area contributed by atoms with Gasteiger partial charge in [0.25, 0.3) is 0 Å². The van der Waals surface area contributed by atoms with Gasteiger partial charge in [0.05, 0.1) is 13.2 Å². The first kappa shape index (κ1) is 16.6. The number of aliphatic hydroxyl groups excluding tert-OH is 1. The minimum Gasteiger partial charge on any atom is -0.493 e. The van der Waals surface area contributed by atoms with Crippen molar-refractivity contribution in [3.8, 4) is 5.75 Å². The Morgan fingerprint density at radius 1 is 1.12 bits per heavy atom. The van der Waals surface area contributed by atoms with Crippen LogP contribution in [-0.2, 0) is 0 Å². The monoisotopic (exact) mass is 325 g/mol. The first-order valence-corrected chi connectivity index (χ1v) is 8.21. The largest absolute Gasteiger partial charge is 0.493 e. The van der Waals surface area contributed by atoms with E-state index in [4.69, 9.17) is 9.15 Å². The van der Waals surface area contributed by atoms with E-state index in [0.717, 1.165) is 28.0 Å². The minimum atomic E-state index is 0.0128. The molecule has 3 rings (SSSR count). The van der Waals surface area contributed by atoms with E-state index in [2.05, 4.69) is 24.4 Å². The number of fused-ring (bicyclic) bond motifs is 1. The summed E-state index contributed by atoms with van der Waals surface area (Å²) in [6, 6.07) is 18.1. The summed E-state index contributed by atoms with van der Waals surface area (Å²) in [5, 5.41) is 14.0. The molecule has 0 radical (unpaired) electrons. The van der Waals surface area contributed by atoms with Gasteiger partial charge in [-0.1, -0.05) is 42.5 Å². The Morgan fingerprint density at radius 2 is 1.92 bits per heavy atom. The smallest absolute Gasteiger partial charge is 0.176 e. The molecule has 2 atom stereocenters. The SMILES string of the molecule is COc1cccc2cc(C(C)N[C@H](CCO)c3ccccc3)oc12. The fraction of sp³-hybridized carbons (Fsp3) is 0.300. The molecule has 1 aromatic heterocycles. The van der Waals surface area contributed by atoms with Gasteiger partial charge in [0.15, 0.2) is 11.3 Å². The van der Waals surface area contributed by atoms with Crippen LogP contribution < -0.4 is 10.1 Å². The van der Waals surface area contributed by atoms with Crippen LogP contribution in [0, 0.1) is 0 Å². The number of ether oxygens (including phenoxy) is 1. The topological polar surface area (TPSA) is 54.6 Å². The second kappa shape index (κ2) is 7.51. The lowest BCUT2D eigenvalue weighted by atomic mass is 10.0. The summed E-state index contributed by atoms with van der Waals surface area (Å²) in [4.78, 5) is 0. The first-order valence-electron chi connectivity index (χ1n) is 8.21. The maximum Gasteiger partial charge on any atom is 0.176 e. The molecule has 0 bridgehead atoms. The summed E-state index contributed by atoms with van der Waals surface area (Å²) < 4.78 is 11.4. The number of para-hydroxylation sites is 1. The summed E-state index contributed by atoms with van der Waals surface area (Å²) in [7, 11) is 1.64. The predicted octanol–water partition coefficient (Wildman–Crippen LogP) is 4.22. The second-order valence-corrected chi connectivity index (χ2v) is 5.89. The number of aliphatic hydroxyl groups is 1. The lowest BCUT2D eigenvalue weighted by Gasteiger charge is -2.22. The van der Waals surface area contributed by atoms with Crippen molar-refractivity contribution in [1.82, 2.24) is 5.32 Å². The number of hydrogen-bond donors (Lipinski definition) is 2. The van der Waals surface area contributed by atoms with Crippen molar-refractivity contribution in [2.24, 2.45) is 0 Å². The first-order chi connectivity index (χ1) is 11.7. The summed E-state index contributed by atoms with van der Waals surface area (Å²) in [6.07, 6.45) is 0.651. The van der Waals surface area contributed by atoms with Crippen LogP contribution in [0.15, 0.2) is 59.0 Å². The van der Waals surface area contributed by atoms with E-state index >= 15 is 0 Å². The van der Waals surface area contributed by atoms with E-state index in [0.29, 0.717) is 6.42 Å². The maximum atomic E-state index is 9.38. The second-order valence-electron chi connectivity index (χ2n) is 5.89. The zero-order valence-corrected chi connectivity index (χ0v) is 14.0. The van der Waals surface area contributed by atoms with E-state index in [-0.39, 0.29) is 18.7 Å². The summed E-state index contributed by atoms with van der Waals surface area (Å²) in [5.41, 5.74) is 1.93. The van der Waals surface area contributed by atoms with E-state index in [1.165, 1.54) is 0 Å². The van der Waals surface area contributed by atoms with Crippen LogP contribution in [0.5, 0.6) is 5.75 Å².